The topological polar surface area (TPSA) is 84.9 Å². The van der Waals surface area contributed by atoms with E-state index in [9.17, 15) is 14.4 Å². The number of ketones is 1. The van der Waals surface area contributed by atoms with E-state index in [1.54, 1.807) is 44.6 Å². The molecule has 2 aliphatic carbocycles. The Kier molecular flexibility index (Phi) is 6.32. The summed E-state index contributed by atoms with van der Waals surface area (Å²) < 4.78 is 10.7. The molecule has 2 fully saturated rings. The highest BCUT2D eigenvalue weighted by Crippen LogP contribution is 2.54. The van der Waals surface area contributed by atoms with Gasteiger partial charge < -0.3 is 19.7 Å². The lowest BCUT2D eigenvalue weighted by Gasteiger charge is -2.28. The van der Waals surface area contributed by atoms with Crippen molar-refractivity contribution in [2.24, 2.45) is 23.7 Å². The quantitative estimate of drug-likeness (QED) is 0.361. The highest BCUT2D eigenvalue weighted by Gasteiger charge is 2.58. The van der Waals surface area contributed by atoms with E-state index in [1.165, 1.54) is 4.90 Å². The van der Waals surface area contributed by atoms with Crippen LogP contribution in [0.4, 0.5) is 0 Å². The van der Waals surface area contributed by atoms with Gasteiger partial charge in [0.1, 0.15) is 6.04 Å². The van der Waals surface area contributed by atoms with Crippen LogP contribution < -0.4 is 14.8 Å². The predicted octanol–water partition coefficient (Wildman–Crippen LogP) is 2.89. The molecule has 0 spiro atoms. The van der Waals surface area contributed by atoms with Crippen LogP contribution in [0, 0.1) is 23.7 Å². The molecule has 1 saturated heterocycles. The molecule has 0 aromatic heterocycles. The summed E-state index contributed by atoms with van der Waals surface area (Å²) in [6.45, 7) is 0.863. The number of nitrogens with one attached hydrogen (secondary N) is 1. The molecule has 2 aromatic carbocycles. The maximum atomic E-state index is 13.5. The number of hydrogen-bond acceptors (Lipinski definition) is 5. The molecular weight excluding hydrogens is 444 g/mol. The van der Waals surface area contributed by atoms with E-state index in [2.05, 4.69) is 17.5 Å². The molecule has 1 aliphatic heterocycles. The molecule has 2 amide bonds. The number of carbonyl (C=O) groups is 3. The largest absolute Gasteiger partial charge is 0.493 e. The van der Waals surface area contributed by atoms with Gasteiger partial charge in [-0.25, -0.2) is 0 Å². The summed E-state index contributed by atoms with van der Waals surface area (Å²) in [5, 5.41) is 3.03. The predicted molar refractivity (Wildman–Crippen MR) is 130 cm³/mol. The van der Waals surface area contributed by atoms with Gasteiger partial charge in [-0.2, -0.15) is 0 Å². The van der Waals surface area contributed by atoms with Gasteiger partial charge in [-0.05, 0) is 54.2 Å². The molecule has 0 radical (unpaired) electrons. The molecule has 7 nitrogen and oxygen atoms in total. The molecule has 2 bridgehead atoms. The lowest BCUT2D eigenvalue weighted by Crippen LogP contribution is -2.51. The van der Waals surface area contributed by atoms with Crippen molar-refractivity contribution < 1.29 is 23.9 Å². The lowest BCUT2D eigenvalue weighted by molar-refractivity contribution is -0.136. The molecule has 182 valence electrons. The number of methoxy groups -OCH3 is 2. The van der Waals surface area contributed by atoms with Crippen molar-refractivity contribution in [1.82, 2.24) is 10.2 Å². The second kappa shape index (κ2) is 9.56. The van der Waals surface area contributed by atoms with E-state index in [4.69, 9.17) is 9.47 Å². The minimum absolute atomic E-state index is 0.0543. The first-order valence-corrected chi connectivity index (χ1v) is 12.1. The number of benzene rings is 2. The number of Topliss-reactive ketones (excluding diaryl/α,β-unsaturated/α-hetero) is 1. The maximum absolute atomic E-state index is 13.5. The van der Waals surface area contributed by atoms with E-state index in [-0.39, 0.29) is 23.7 Å². The van der Waals surface area contributed by atoms with Crippen LogP contribution in [-0.2, 0) is 16.0 Å². The van der Waals surface area contributed by atoms with Gasteiger partial charge in [-0.3, -0.25) is 14.4 Å². The summed E-state index contributed by atoms with van der Waals surface area (Å²) in [5.74, 6) is 0.872. The number of nitrogens with zero attached hydrogens (tertiary/aromatic N) is 1. The molecule has 5 rings (SSSR count). The molecular formula is C28H30N2O5. The Labute approximate surface area is 205 Å². The van der Waals surface area contributed by atoms with Crippen LogP contribution in [0.1, 0.15) is 22.3 Å². The third-order valence-electron chi connectivity index (χ3n) is 7.72. The van der Waals surface area contributed by atoms with E-state index >= 15 is 0 Å². The zero-order chi connectivity index (χ0) is 24.5. The third-order valence-corrected chi connectivity index (χ3v) is 7.72. The van der Waals surface area contributed by atoms with Crippen LogP contribution in [-0.4, -0.2) is 55.8 Å². The number of rotatable bonds is 8. The Morgan fingerprint density at radius 3 is 2.46 bits per heavy atom. The first kappa shape index (κ1) is 23.1. The summed E-state index contributed by atoms with van der Waals surface area (Å²) in [5.41, 5.74) is 1.35. The zero-order valence-electron chi connectivity index (χ0n) is 20.0. The fourth-order valence-electron chi connectivity index (χ4n) is 6.08. The standard InChI is InChI=1S/C28H30N2O5/c1-34-22-11-8-17(14-23(22)35-2)12-13-29-27(32)25-24-20-10-9-19(15-20)21(24)16-30(25)28(33)26(31)18-6-4-3-5-7-18/h3-11,14,19-21,24-25H,12-13,15-16H2,1-2H3,(H,29,32)/t19-,20+,21-,24+,25+/m1/s1. The van der Waals surface area contributed by atoms with Gasteiger partial charge in [0.15, 0.2) is 11.5 Å². The van der Waals surface area contributed by atoms with E-state index in [0.29, 0.717) is 42.5 Å². The number of amides is 2. The number of fused-ring (bicyclic) bond motifs is 5. The number of hydrogen-bond donors (Lipinski definition) is 1. The first-order chi connectivity index (χ1) is 17.0. The van der Waals surface area contributed by atoms with Crippen molar-refractivity contribution in [3.8, 4) is 11.5 Å². The van der Waals surface area contributed by atoms with Gasteiger partial charge in [0, 0.05) is 18.7 Å². The zero-order valence-corrected chi connectivity index (χ0v) is 20.0. The lowest BCUT2D eigenvalue weighted by atomic mass is 9.81. The van der Waals surface area contributed by atoms with Crippen LogP contribution in [0.3, 0.4) is 0 Å². The molecule has 3 aliphatic rings. The van der Waals surface area contributed by atoms with Gasteiger partial charge in [0.2, 0.25) is 11.7 Å². The highest BCUT2D eigenvalue weighted by molar-refractivity contribution is 6.43. The summed E-state index contributed by atoms with van der Waals surface area (Å²) in [6, 6.07) is 13.6. The molecule has 1 N–H and O–H groups in total. The average Bonchev–Trinajstić information content (AvgIpc) is 3.61. The molecule has 2 aromatic rings. The highest BCUT2D eigenvalue weighted by atomic mass is 16.5. The molecule has 0 unspecified atom stereocenters. The Bertz CT molecular complexity index is 1160. The second-order valence-corrected chi connectivity index (χ2v) is 9.52. The number of ether oxygens (including phenoxy) is 2. The summed E-state index contributed by atoms with van der Waals surface area (Å²) in [4.78, 5) is 41.2. The van der Waals surface area contributed by atoms with Gasteiger partial charge in [-0.15, -0.1) is 0 Å². The van der Waals surface area contributed by atoms with Gasteiger partial charge in [-0.1, -0.05) is 48.6 Å². The first-order valence-electron chi connectivity index (χ1n) is 12.1. The van der Waals surface area contributed by atoms with Gasteiger partial charge >= 0.3 is 0 Å². The number of carbonyl (C=O) groups excluding carboxylic acids is 3. The van der Waals surface area contributed by atoms with E-state index in [1.807, 2.05) is 18.2 Å². The van der Waals surface area contributed by atoms with Crippen molar-refractivity contribution in [3.05, 3.63) is 71.8 Å². The SMILES string of the molecule is COc1ccc(CCNC(=O)[C@@H]2[C@@H]3[C@H](CN2C(=O)C(=O)c2ccccc2)[C@@H]2C=C[C@H]3C2)cc1OC. The van der Waals surface area contributed by atoms with Gasteiger partial charge in [0.05, 0.1) is 14.2 Å². The number of allylic oxidation sites excluding steroid dienone is 2. The molecule has 1 saturated carbocycles. The maximum Gasteiger partial charge on any atom is 0.295 e. The van der Waals surface area contributed by atoms with Crippen LogP contribution in [0.5, 0.6) is 11.5 Å². The normalized spacial score (nSPS) is 25.9. The minimum Gasteiger partial charge on any atom is -0.493 e. The van der Waals surface area contributed by atoms with Crippen LogP contribution in [0.2, 0.25) is 0 Å². The molecule has 5 atom stereocenters. The summed E-state index contributed by atoms with van der Waals surface area (Å²) >= 11 is 0. The van der Waals surface area contributed by atoms with Crippen molar-refractivity contribution >= 4 is 17.6 Å². The van der Waals surface area contributed by atoms with Crippen molar-refractivity contribution in [3.63, 3.8) is 0 Å². The van der Waals surface area contributed by atoms with Crippen LogP contribution >= 0.6 is 0 Å². The van der Waals surface area contributed by atoms with E-state index < -0.39 is 17.7 Å². The smallest absolute Gasteiger partial charge is 0.295 e. The van der Waals surface area contributed by atoms with Crippen molar-refractivity contribution in [1.29, 1.82) is 0 Å². The fraction of sp³-hybridized carbons (Fsp3) is 0.393. The summed E-state index contributed by atoms with van der Waals surface area (Å²) in [6.07, 6.45) is 6.03. The Hall–Kier alpha value is -3.61. The second-order valence-electron chi connectivity index (χ2n) is 9.52. The molecule has 1 heterocycles. The Morgan fingerprint density at radius 2 is 1.71 bits per heavy atom. The third kappa shape index (κ3) is 4.20. The van der Waals surface area contributed by atoms with Crippen LogP contribution in [0.25, 0.3) is 0 Å². The minimum atomic E-state index is -0.634. The average molecular weight is 475 g/mol. The Morgan fingerprint density at radius 1 is 0.971 bits per heavy atom. The molecule has 35 heavy (non-hydrogen) atoms. The summed E-state index contributed by atoms with van der Waals surface area (Å²) in [7, 11) is 3.18. The molecule has 7 heteroatoms. The van der Waals surface area contributed by atoms with Gasteiger partial charge in [0.25, 0.3) is 5.91 Å². The van der Waals surface area contributed by atoms with Crippen molar-refractivity contribution in [2.75, 3.05) is 27.3 Å². The number of likely N-dealkylation sites (tertiary alicyclic amines) is 1. The van der Waals surface area contributed by atoms with Crippen LogP contribution in [0.15, 0.2) is 60.7 Å². The van der Waals surface area contributed by atoms with E-state index in [0.717, 1.165) is 12.0 Å². The van der Waals surface area contributed by atoms with Crippen molar-refractivity contribution in [2.45, 2.75) is 18.9 Å². The monoisotopic (exact) mass is 474 g/mol. The fourth-order valence-corrected chi connectivity index (χ4v) is 6.08. The Balaban J connectivity index is 1.30.